The monoisotopic (exact) mass is 216 g/mol. The van der Waals surface area contributed by atoms with Crippen molar-refractivity contribution in [1.82, 2.24) is 15.4 Å². The molecule has 3 N–H and O–H groups in total. The summed E-state index contributed by atoms with van der Waals surface area (Å²) in [5.74, 6) is -1.26. The van der Waals surface area contributed by atoms with E-state index in [0.29, 0.717) is 0 Å². The first-order valence-corrected chi connectivity index (χ1v) is 5.18. The van der Waals surface area contributed by atoms with Gasteiger partial charge in [-0.3, -0.25) is 4.79 Å². The molecule has 0 spiro atoms. The number of aromatic amines is 1. The molecular weight excluding hydrogens is 208 g/mol. The lowest BCUT2D eigenvalue weighted by Crippen LogP contribution is -2.17. The number of rotatable bonds is 4. The van der Waals surface area contributed by atoms with Gasteiger partial charge in [-0.15, -0.1) is 16.8 Å². The molecule has 1 aromatic rings. The Morgan fingerprint density at radius 3 is 2.71 bits per heavy atom. The van der Waals surface area contributed by atoms with Crippen LogP contribution >= 0.6 is 0 Å². The van der Waals surface area contributed by atoms with E-state index in [0.717, 1.165) is 0 Å². The van der Waals surface area contributed by atoms with Crippen LogP contribution in [-0.2, 0) is 9.84 Å². The van der Waals surface area contributed by atoms with Gasteiger partial charge in [0.15, 0.2) is 5.69 Å². The van der Waals surface area contributed by atoms with Gasteiger partial charge in [-0.1, -0.05) is 6.08 Å². The van der Waals surface area contributed by atoms with Crippen LogP contribution in [0, 0.1) is 0 Å². The van der Waals surface area contributed by atoms with Crippen molar-refractivity contribution in [3.63, 3.8) is 0 Å². The van der Waals surface area contributed by atoms with Gasteiger partial charge >= 0.3 is 0 Å². The highest BCUT2D eigenvalue weighted by molar-refractivity contribution is 7.91. The van der Waals surface area contributed by atoms with Gasteiger partial charge in [0, 0.05) is 0 Å². The second-order valence-electron chi connectivity index (χ2n) is 2.41. The Balaban J connectivity index is 3.26. The van der Waals surface area contributed by atoms with E-state index < -0.39 is 20.8 Å². The van der Waals surface area contributed by atoms with Crippen molar-refractivity contribution < 1.29 is 13.2 Å². The Kier molecular flexibility index (Phi) is 2.65. The van der Waals surface area contributed by atoms with Crippen molar-refractivity contribution >= 4 is 15.7 Å². The zero-order valence-electron chi connectivity index (χ0n) is 7.10. The van der Waals surface area contributed by atoms with Crippen LogP contribution < -0.4 is 5.73 Å². The van der Waals surface area contributed by atoms with Crippen molar-refractivity contribution in [2.45, 2.75) is 5.03 Å². The van der Waals surface area contributed by atoms with Gasteiger partial charge in [0.25, 0.3) is 5.91 Å². The molecule has 0 saturated carbocycles. The largest absolute Gasteiger partial charge is 0.364 e. The van der Waals surface area contributed by atoms with E-state index in [1.165, 1.54) is 6.08 Å². The molecule has 76 valence electrons. The summed E-state index contributed by atoms with van der Waals surface area (Å²) in [6.45, 7) is 3.28. The average Bonchev–Trinajstić information content (AvgIpc) is 2.51. The minimum atomic E-state index is -3.67. The van der Waals surface area contributed by atoms with Crippen LogP contribution in [0.3, 0.4) is 0 Å². The first-order valence-electron chi connectivity index (χ1n) is 3.53. The SMILES string of the molecule is C=CCS(=O)(=O)c1n[nH]nc1C(N)=O. The first-order chi connectivity index (χ1) is 6.49. The third-order valence-electron chi connectivity index (χ3n) is 1.38. The van der Waals surface area contributed by atoms with Crippen molar-refractivity contribution in [2.24, 2.45) is 5.73 Å². The maximum Gasteiger partial charge on any atom is 0.272 e. The van der Waals surface area contributed by atoms with E-state index in [1.807, 2.05) is 5.21 Å². The lowest BCUT2D eigenvalue weighted by Gasteiger charge is -1.96. The molecule has 0 aliphatic heterocycles. The third kappa shape index (κ3) is 1.79. The molecule has 0 aliphatic carbocycles. The highest BCUT2D eigenvalue weighted by Crippen LogP contribution is 2.10. The molecule has 0 fully saturated rings. The quantitative estimate of drug-likeness (QED) is 0.617. The number of carbonyl (C=O) groups excluding carboxylic acids is 1. The second-order valence-corrected chi connectivity index (χ2v) is 4.36. The molecule has 14 heavy (non-hydrogen) atoms. The first kappa shape index (κ1) is 10.4. The Hall–Kier alpha value is -1.70. The van der Waals surface area contributed by atoms with Gasteiger partial charge in [-0.2, -0.15) is 5.21 Å². The lowest BCUT2D eigenvalue weighted by atomic mass is 10.5. The number of amides is 1. The molecule has 7 nitrogen and oxygen atoms in total. The fourth-order valence-corrected chi connectivity index (χ4v) is 1.92. The van der Waals surface area contributed by atoms with Gasteiger partial charge in [-0.05, 0) is 0 Å². The van der Waals surface area contributed by atoms with E-state index in [1.54, 1.807) is 0 Å². The molecule has 1 aromatic heterocycles. The van der Waals surface area contributed by atoms with Gasteiger partial charge in [0.05, 0.1) is 5.75 Å². The third-order valence-corrected chi connectivity index (χ3v) is 2.93. The molecule has 1 amide bonds. The summed E-state index contributed by atoms with van der Waals surface area (Å²) in [6.07, 6.45) is 1.19. The van der Waals surface area contributed by atoms with Gasteiger partial charge in [-0.25, -0.2) is 8.42 Å². The van der Waals surface area contributed by atoms with Crippen molar-refractivity contribution in [3.8, 4) is 0 Å². The minimum Gasteiger partial charge on any atom is -0.364 e. The predicted molar refractivity (Wildman–Crippen MR) is 47.2 cm³/mol. The van der Waals surface area contributed by atoms with Crippen LogP contribution in [0.25, 0.3) is 0 Å². The van der Waals surface area contributed by atoms with E-state index in [-0.39, 0.29) is 11.4 Å². The Morgan fingerprint density at radius 2 is 2.21 bits per heavy atom. The zero-order chi connectivity index (χ0) is 10.8. The maximum absolute atomic E-state index is 11.4. The summed E-state index contributed by atoms with van der Waals surface area (Å²) >= 11 is 0. The summed E-state index contributed by atoms with van der Waals surface area (Å²) in [6, 6.07) is 0. The Labute approximate surface area is 79.9 Å². The summed E-state index contributed by atoms with van der Waals surface area (Å²) in [4.78, 5) is 10.7. The number of aromatic nitrogens is 3. The topological polar surface area (TPSA) is 119 Å². The molecule has 0 unspecified atom stereocenters. The molecule has 8 heteroatoms. The average molecular weight is 216 g/mol. The van der Waals surface area contributed by atoms with Crippen molar-refractivity contribution in [2.75, 3.05) is 5.75 Å². The van der Waals surface area contributed by atoms with Crippen LogP contribution in [-0.4, -0.2) is 35.5 Å². The van der Waals surface area contributed by atoms with E-state index in [4.69, 9.17) is 5.73 Å². The molecule has 1 heterocycles. The number of sulfone groups is 1. The maximum atomic E-state index is 11.4. The molecule has 0 atom stereocenters. The fraction of sp³-hybridized carbons (Fsp3) is 0.167. The van der Waals surface area contributed by atoms with E-state index in [2.05, 4.69) is 16.8 Å². The molecule has 0 aromatic carbocycles. The minimum absolute atomic E-state index is 0.320. The van der Waals surface area contributed by atoms with Gasteiger partial charge < -0.3 is 5.73 Å². The highest BCUT2D eigenvalue weighted by Gasteiger charge is 2.24. The zero-order valence-corrected chi connectivity index (χ0v) is 7.91. The number of primary amides is 1. The predicted octanol–water partition coefficient (Wildman–Crippen LogP) is -1.14. The normalized spacial score (nSPS) is 11.1. The van der Waals surface area contributed by atoms with Crippen LogP contribution in [0.4, 0.5) is 0 Å². The molecule has 0 bridgehead atoms. The van der Waals surface area contributed by atoms with E-state index in [9.17, 15) is 13.2 Å². The van der Waals surface area contributed by atoms with Crippen LogP contribution in [0.2, 0.25) is 0 Å². The summed E-state index contributed by atoms with van der Waals surface area (Å²) < 4.78 is 22.8. The number of hydrogen-bond donors (Lipinski definition) is 2. The molecule has 0 saturated heterocycles. The summed E-state index contributed by atoms with van der Waals surface area (Å²) in [5.41, 5.74) is 4.52. The van der Waals surface area contributed by atoms with Crippen molar-refractivity contribution in [3.05, 3.63) is 18.3 Å². The number of carbonyl (C=O) groups is 1. The molecule has 0 aliphatic rings. The standard InChI is InChI=1S/C6H8N4O3S/c1-2-3-14(12,13)6-4(5(7)11)8-10-9-6/h2H,1,3H2,(H2,7,11)(H,8,9,10). The molecule has 0 radical (unpaired) electrons. The number of nitrogens with two attached hydrogens (primary N) is 1. The van der Waals surface area contributed by atoms with Crippen molar-refractivity contribution in [1.29, 1.82) is 0 Å². The van der Waals surface area contributed by atoms with Crippen LogP contribution in [0.5, 0.6) is 0 Å². The smallest absolute Gasteiger partial charge is 0.272 e. The summed E-state index contributed by atoms with van der Waals surface area (Å²) in [7, 11) is -3.67. The van der Waals surface area contributed by atoms with Gasteiger partial charge in [0.1, 0.15) is 0 Å². The molecule has 1 rings (SSSR count). The summed E-state index contributed by atoms with van der Waals surface area (Å²) in [5, 5.41) is 8.29. The number of nitrogens with zero attached hydrogens (tertiary/aromatic N) is 2. The highest BCUT2D eigenvalue weighted by atomic mass is 32.2. The second kappa shape index (κ2) is 3.58. The van der Waals surface area contributed by atoms with Crippen LogP contribution in [0.1, 0.15) is 10.5 Å². The van der Waals surface area contributed by atoms with Crippen LogP contribution in [0.15, 0.2) is 17.7 Å². The number of nitrogens with one attached hydrogen (secondary N) is 1. The number of H-pyrrole nitrogens is 1. The van der Waals surface area contributed by atoms with Gasteiger partial charge in [0.2, 0.25) is 14.9 Å². The Bertz CT molecular complexity index is 461. The molecular formula is C6H8N4O3S. The van der Waals surface area contributed by atoms with E-state index >= 15 is 0 Å². The number of hydrogen-bond acceptors (Lipinski definition) is 5. The lowest BCUT2D eigenvalue weighted by molar-refractivity contribution is 0.0992. The fourth-order valence-electron chi connectivity index (χ4n) is 0.833. The Morgan fingerprint density at radius 1 is 1.57 bits per heavy atom.